The number of rotatable bonds is 7. The molecule has 39 heavy (non-hydrogen) atoms. The Hall–Kier alpha value is -3.99. The third-order valence-electron chi connectivity index (χ3n) is 7.20. The van der Waals surface area contributed by atoms with Gasteiger partial charge < -0.3 is 20.3 Å². The zero-order valence-electron chi connectivity index (χ0n) is 21.4. The Balaban J connectivity index is 1.34. The van der Waals surface area contributed by atoms with Gasteiger partial charge >= 0.3 is 6.36 Å². The van der Waals surface area contributed by atoms with E-state index in [0.29, 0.717) is 29.3 Å². The number of pyridine rings is 2. The highest BCUT2D eigenvalue weighted by Crippen LogP contribution is 2.45. The Bertz CT molecular complexity index is 1470. The monoisotopic (exact) mass is 535 g/mol. The molecule has 0 atom stereocenters. The second-order valence-corrected chi connectivity index (χ2v) is 9.99. The Labute approximate surface area is 223 Å². The summed E-state index contributed by atoms with van der Waals surface area (Å²) in [5.74, 6) is 2.20. The van der Waals surface area contributed by atoms with Crippen molar-refractivity contribution in [1.29, 1.82) is 0 Å². The first-order valence-electron chi connectivity index (χ1n) is 13.0. The Morgan fingerprint density at radius 1 is 1.00 bits per heavy atom. The number of hydrogen-bond acceptors (Lipinski definition) is 8. The second-order valence-electron chi connectivity index (χ2n) is 9.99. The van der Waals surface area contributed by atoms with Gasteiger partial charge in [0.15, 0.2) is 5.82 Å². The van der Waals surface area contributed by atoms with Crippen LogP contribution in [0.2, 0.25) is 0 Å². The molecule has 1 aliphatic carbocycles. The maximum atomic E-state index is 12.5. The van der Waals surface area contributed by atoms with Crippen molar-refractivity contribution in [3.05, 3.63) is 60.6 Å². The van der Waals surface area contributed by atoms with Gasteiger partial charge in [0, 0.05) is 42.1 Å². The minimum atomic E-state index is -4.74. The number of nitrogens with one attached hydrogen (secondary N) is 2. The average molecular weight is 536 g/mol. The highest BCUT2D eigenvalue weighted by molar-refractivity contribution is 5.94. The normalized spacial score (nSPS) is 16.3. The molecule has 2 fully saturated rings. The minimum absolute atomic E-state index is 0.288. The van der Waals surface area contributed by atoms with Crippen LogP contribution >= 0.6 is 0 Å². The van der Waals surface area contributed by atoms with Crippen LogP contribution in [-0.2, 0) is 0 Å². The summed E-state index contributed by atoms with van der Waals surface area (Å²) < 4.78 is 41.4. The lowest BCUT2D eigenvalue weighted by Crippen LogP contribution is -2.41. The van der Waals surface area contributed by atoms with Crippen molar-refractivity contribution in [3.63, 3.8) is 0 Å². The number of aromatic nitrogens is 4. The Morgan fingerprint density at radius 3 is 2.49 bits per heavy atom. The number of benzene rings is 1. The molecule has 4 heterocycles. The molecule has 0 unspecified atom stereocenters. The maximum absolute atomic E-state index is 12.5. The molecule has 0 amide bonds. The van der Waals surface area contributed by atoms with Crippen molar-refractivity contribution in [1.82, 2.24) is 25.3 Å². The van der Waals surface area contributed by atoms with Gasteiger partial charge in [-0.25, -0.2) is 15.0 Å². The van der Waals surface area contributed by atoms with E-state index in [4.69, 9.17) is 9.97 Å². The van der Waals surface area contributed by atoms with Crippen molar-refractivity contribution >= 4 is 28.2 Å². The smallest absolute Gasteiger partial charge is 0.406 e. The van der Waals surface area contributed by atoms with Crippen LogP contribution in [0, 0.1) is 0 Å². The molecule has 2 N–H and O–H groups in total. The predicted molar refractivity (Wildman–Crippen MR) is 143 cm³/mol. The fourth-order valence-electron chi connectivity index (χ4n) is 5.07. The first-order valence-corrected chi connectivity index (χ1v) is 13.0. The third-order valence-corrected chi connectivity index (χ3v) is 7.20. The molecule has 1 aromatic carbocycles. The summed E-state index contributed by atoms with van der Waals surface area (Å²) in [5.41, 5.74) is 3.36. The van der Waals surface area contributed by atoms with Crippen LogP contribution in [0.5, 0.6) is 5.75 Å². The van der Waals surface area contributed by atoms with Crippen LogP contribution in [-0.4, -0.2) is 52.5 Å². The molecule has 8 nitrogen and oxygen atoms in total. The number of ether oxygens (including phenoxy) is 1. The molecule has 0 spiro atoms. The van der Waals surface area contributed by atoms with E-state index in [9.17, 15) is 13.2 Å². The molecule has 4 aromatic rings. The van der Waals surface area contributed by atoms with Crippen LogP contribution in [0.25, 0.3) is 22.3 Å². The molecule has 202 valence electrons. The van der Waals surface area contributed by atoms with E-state index >= 15 is 0 Å². The Kier molecular flexibility index (Phi) is 6.68. The third kappa shape index (κ3) is 5.73. The van der Waals surface area contributed by atoms with Crippen molar-refractivity contribution in [2.45, 2.75) is 44.0 Å². The van der Waals surface area contributed by atoms with Gasteiger partial charge in [-0.3, -0.25) is 4.98 Å². The maximum Gasteiger partial charge on any atom is 0.573 e. The molecule has 0 radical (unpaired) electrons. The summed E-state index contributed by atoms with van der Waals surface area (Å²) >= 11 is 0. The van der Waals surface area contributed by atoms with E-state index in [1.165, 1.54) is 29.8 Å². The number of halogens is 3. The van der Waals surface area contributed by atoms with Crippen LogP contribution in [0.4, 0.5) is 30.5 Å². The molecule has 0 bridgehead atoms. The van der Waals surface area contributed by atoms with Gasteiger partial charge in [-0.05, 0) is 86.7 Å². The number of nitrogens with zero attached hydrogens (tertiary/aromatic N) is 5. The molecule has 1 saturated heterocycles. The summed E-state index contributed by atoms with van der Waals surface area (Å²) in [5, 5.41) is 7.64. The van der Waals surface area contributed by atoms with Crippen LogP contribution in [0.15, 0.2) is 55.0 Å². The first kappa shape index (κ1) is 25.3. The quantitative estimate of drug-likeness (QED) is 0.307. The zero-order valence-corrected chi connectivity index (χ0v) is 21.4. The van der Waals surface area contributed by atoms with Crippen molar-refractivity contribution in [3.8, 4) is 17.1 Å². The summed E-state index contributed by atoms with van der Waals surface area (Å²) in [7, 11) is 2.12. The van der Waals surface area contributed by atoms with Crippen molar-refractivity contribution in [2.75, 3.05) is 30.4 Å². The van der Waals surface area contributed by atoms with E-state index in [2.05, 4.69) is 37.3 Å². The molecule has 1 aliphatic heterocycles. The molecule has 11 heteroatoms. The van der Waals surface area contributed by atoms with Crippen molar-refractivity contribution in [2.24, 2.45) is 0 Å². The van der Waals surface area contributed by atoms with Gasteiger partial charge in [0.05, 0.1) is 11.7 Å². The van der Waals surface area contributed by atoms with Crippen LogP contribution < -0.4 is 20.3 Å². The fourth-order valence-corrected chi connectivity index (χ4v) is 5.07. The summed E-state index contributed by atoms with van der Waals surface area (Å²) in [4.78, 5) is 21.2. The van der Waals surface area contributed by atoms with E-state index in [0.717, 1.165) is 61.1 Å². The molecule has 3 aromatic heterocycles. The van der Waals surface area contributed by atoms with Crippen LogP contribution in [0.1, 0.15) is 37.2 Å². The Morgan fingerprint density at radius 2 is 1.77 bits per heavy atom. The first-order chi connectivity index (χ1) is 18.8. The van der Waals surface area contributed by atoms with Gasteiger partial charge in [-0.2, -0.15) is 0 Å². The van der Waals surface area contributed by atoms with E-state index in [1.807, 2.05) is 18.3 Å². The molecule has 6 rings (SSSR count). The molecule has 2 aliphatic rings. The van der Waals surface area contributed by atoms with Crippen LogP contribution in [0.3, 0.4) is 0 Å². The second kappa shape index (κ2) is 10.3. The summed E-state index contributed by atoms with van der Waals surface area (Å²) in [6.07, 6.45) is 5.07. The van der Waals surface area contributed by atoms with Gasteiger partial charge in [-0.15, -0.1) is 13.2 Å². The highest BCUT2D eigenvalue weighted by Gasteiger charge is 2.31. The van der Waals surface area contributed by atoms with E-state index < -0.39 is 6.36 Å². The average Bonchev–Trinajstić information content (AvgIpc) is 3.78. The predicted octanol–water partition coefficient (Wildman–Crippen LogP) is 5.79. The minimum Gasteiger partial charge on any atom is -0.406 e. The summed E-state index contributed by atoms with van der Waals surface area (Å²) in [6, 6.07) is 9.54. The van der Waals surface area contributed by atoms with Gasteiger partial charge in [0.2, 0.25) is 0 Å². The number of alkyl halides is 3. The number of piperidine rings is 1. The topological polar surface area (TPSA) is 88.1 Å². The lowest BCUT2D eigenvalue weighted by molar-refractivity contribution is -0.274. The fraction of sp³-hybridized carbons (Fsp3) is 0.357. The van der Waals surface area contributed by atoms with E-state index in [1.54, 1.807) is 12.4 Å². The highest BCUT2D eigenvalue weighted by atomic mass is 19.4. The number of fused-ring (bicyclic) bond motifs is 1. The van der Waals surface area contributed by atoms with Crippen molar-refractivity contribution < 1.29 is 17.9 Å². The number of anilines is 3. The molecular weight excluding hydrogens is 507 g/mol. The zero-order chi connectivity index (χ0) is 27.0. The number of hydrogen-bond donors (Lipinski definition) is 2. The molecular formula is C28H28F3N7O. The summed E-state index contributed by atoms with van der Waals surface area (Å²) in [6.45, 7) is 1.95. The largest absolute Gasteiger partial charge is 0.573 e. The SMILES string of the molecule is CN(c1nc(-c2ccnc(Nc3ccc(OC(F)(F)F)cc3)c2)nc2cncc(C3CC3)c12)C1CCNCC1. The standard InChI is InChI=1S/C28H28F3N7O/c1-38(20-9-11-32-12-10-20)27-25-22(17-2-3-17)15-33-16-23(25)36-26(37-27)18-8-13-34-24(14-18)35-19-4-6-21(7-5-19)39-28(29,30)31/h4-8,13-17,20,32H,2-3,9-12H2,1H3,(H,34,35). The van der Waals surface area contributed by atoms with Gasteiger partial charge in [0.25, 0.3) is 0 Å². The van der Waals surface area contributed by atoms with Gasteiger partial charge in [-0.1, -0.05) is 0 Å². The molecule has 1 saturated carbocycles. The lowest BCUT2D eigenvalue weighted by atomic mass is 10.0. The van der Waals surface area contributed by atoms with Gasteiger partial charge in [0.1, 0.15) is 17.4 Å². The van der Waals surface area contributed by atoms with E-state index in [-0.39, 0.29) is 5.75 Å². The lowest BCUT2D eigenvalue weighted by Gasteiger charge is -2.33.